The van der Waals surface area contributed by atoms with Gasteiger partial charge in [0.2, 0.25) is 0 Å². The molecule has 176 valence electrons. The summed E-state index contributed by atoms with van der Waals surface area (Å²) in [6.07, 6.45) is 7.38. The highest BCUT2D eigenvalue weighted by atomic mass is 19.1. The summed E-state index contributed by atoms with van der Waals surface area (Å²) in [5, 5.41) is 12.1. The first-order chi connectivity index (χ1) is 16.3. The van der Waals surface area contributed by atoms with Gasteiger partial charge in [0.25, 0.3) is 0 Å². The molecule has 1 N–H and O–H groups in total. The predicted octanol–water partition coefficient (Wildman–Crippen LogP) is 5.74. The zero-order valence-corrected chi connectivity index (χ0v) is 19.5. The molecule has 1 fully saturated rings. The average Bonchev–Trinajstić information content (AvgIpc) is 2.83. The number of hydrogen-bond acceptors (Lipinski definition) is 4. The first-order valence-corrected chi connectivity index (χ1v) is 11.6. The van der Waals surface area contributed by atoms with Crippen molar-refractivity contribution in [2.75, 3.05) is 13.3 Å². The fraction of sp³-hybridized carbons (Fsp3) is 0.357. The average molecular weight is 462 g/mol. The highest BCUT2D eigenvalue weighted by Crippen LogP contribution is 2.47. The molecule has 0 amide bonds. The van der Waals surface area contributed by atoms with Crippen molar-refractivity contribution in [1.82, 2.24) is 0 Å². The van der Waals surface area contributed by atoms with E-state index in [2.05, 4.69) is 6.08 Å². The van der Waals surface area contributed by atoms with Crippen LogP contribution >= 0.6 is 0 Å². The summed E-state index contributed by atoms with van der Waals surface area (Å²) in [4.78, 5) is 17.3. The van der Waals surface area contributed by atoms with Crippen LogP contribution in [0.1, 0.15) is 43.1 Å². The maximum Gasteiger partial charge on any atom is 0.337 e. The van der Waals surface area contributed by atoms with Gasteiger partial charge < -0.3 is 14.6 Å². The molecule has 0 radical (unpaired) electrons. The third-order valence-electron chi connectivity index (χ3n) is 6.79. The largest absolute Gasteiger partial charge is 0.497 e. The third-order valence-corrected chi connectivity index (χ3v) is 6.79. The number of dihydropyridines is 1. The first kappa shape index (κ1) is 22.5. The van der Waals surface area contributed by atoms with Crippen molar-refractivity contribution in [3.05, 3.63) is 76.6 Å². The summed E-state index contributed by atoms with van der Waals surface area (Å²) in [7, 11) is 0. The van der Waals surface area contributed by atoms with Gasteiger partial charge in [-0.05, 0) is 60.4 Å². The lowest BCUT2D eigenvalue weighted by atomic mass is 9.74. The molecule has 3 aliphatic rings. The second kappa shape index (κ2) is 8.51. The molecule has 2 heterocycles. The number of ether oxygens (including phenoxy) is 2. The molecule has 0 bridgehead atoms. The maximum atomic E-state index is 13.7. The molecular weight excluding hydrogens is 433 g/mol. The van der Waals surface area contributed by atoms with Crippen LogP contribution < -0.4 is 0 Å². The number of allylic oxidation sites excluding steroid dienone is 3. The number of carboxylic acid groups (broad SMARTS) is 1. The van der Waals surface area contributed by atoms with Crippen LogP contribution in [0.4, 0.5) is 4.39 Å². The number of benzene rings is 2. The highest BCUT2D eigenvalue weighted by molar-refractivity contribution is 6.00. The Morgan fingerprint density at radius 3 is 2.85 bits per heavy atom. The number of carbonyl (C=O) groups is 1. The van der Waals surface area contributed by atoms with E-state index >= 15 is 0 Å². The van der Waals surface area contributed by atoms with Crippen LogP contribution in [-0.4, -0.2) is 42.2 Å². The Balaban J connectivity index is 1.77. The fourth-order valence-electron chi connectivity index (χ4n) is 5.23. The number of hydrogen-bond donors (Lipinski definition) is 1. The molecule has 34 heavy (non-hydrogen) atoms. The normalized spacial score (nSPS) is 22.3. The summed E-state index contributed by atoms with van der Waals surface area (Å²) >= 11 is 0. The minimum atomic E-state index is -1.33. The second-order valence-corrected chi connectivity index (χ2v) is 9.68. The van der Waals surface area contributed by atoms with Gasteiger partial charge in [-0.15, -0.1) is 0 Å². The van der Waals surface area contributed by atoms with Crippen LogP contribution in [0.15, 0.2) is 64.9 Å². The molecule has 6 heteroatoms. The lowest BCUT2D eigenvalue weighted by Crippen LogP contribution is -2.35. The summed E-state index contributed by atoms with van der Waals surface area (Å²) < 4.78 is 25.6. The Morgan fingerprint density at radius 1 is 1.29 bits per heavy atom. The van der Waals surface area contributed by atoms with E-state index in [1.165, 1.54) is 5.57 Å². The van der Waals surface area contributed by atoms with E-state index in [-0.39, 0.29) is 12.0 Å². The van der Waals surface area contributed by atoms with Crippen LogP contribution in [0.5, 0.6) is 0 Å². The number of aryl methyl sites for hydroxylation is 1. The Hall–Kier alpha value is -3.25. The van der Waals surface area contributed by atoms with Crippen LogP contribution in [0.25, 0.3) is 16.3 Å². The molecule has 1 saturated heterocycles. The van der Waals surface area contributed by atoms with Crippen LogP contribution in [-0.2, 0) is 14.3 Å². The third kappa shape index (κ3) is 3.76. The van der Waals surface area contributed by atoms with Gasteiger partial charge in [0.1, 0.15) is 12.4 Å². The zero-order valence-electron chi connectivity index (χ0n) is 19.5. The van der Waals surface area contributed by atoms with Crippen LogP contribution in [0.2, 0.25) is 0 Å². The van der Waals surface area contributed by atoms with Gasteiger partial charge >= 0.3 is 5.97 Å². The van der Waals surface area contributed by atoms with E-state index in [4.69, 9.17) is 14.5 Å². The molecule has 5 rings (SSSR count). The smallest absolute Gasteiger partial charge is 0.337 e. The quantitative estimate of drug-likeness (QED) is 0.596. The molecule has 0 aromatic heterocycles. The second-order valence-electron chi connectivity index (χ2n) is 9.68. The maximum absolute atomic E-state index is 13.7. The van der Waals surface area contributed by atoms with Gasteiger partial charge in [-0.2, -0.15) is 0 Å². The van der Waals surface area contributed by atoms with Gasteiger partial charge in [-0.3, -0.25) is 4.99 Å². The number of nitrogens with zero attached hydrogens (tertiary/aromatic N) is 1. The first-order valence-electron chi connectivity index (χ1n) is 11.6. The number of aliphatic imine (C=N–C) groups is 1. The van der Waals surface area contributed by atoms with Gasteiger partial charge in [-0.1, -0.05) is 42.0 Å². The lowest BCUT2D eigenvalue weighted by molar-refractivity contribution is -0.163. The molecule has 2 aliphatic heterocycles. The van der Waals surface area contributed by atoms with E-state index in [9.17, 15) is 14.3 Å². The van der Waals surface area contributed by atoms with E-state index in [1.54, 1.807) is 13.8 Å². The zero-order chi connectivity index (χ0) is 24.0. The minimum Gasteiger partial charge on any atom is -0.497 e. The van der Waals surface area contributed by atoms with Crippen molar-refractivity contribution < 1.29 is 23.8 Å². The van der Waals surface area contributed by atoms with Gasteiger partial charge in [0.15, 0.2) is 6.10 Å². The lowest BCUT2D eigenvalue weighted by Gasteiger charge is -2.39. The minimum absolute atomic E-state index is 0.00245. The van der Waals surface area contributed by atoms with E-state index < -0.39 is 24.3 Å². The standard InChI is InChI=1S/C28H28FNO4/c1-16-14-18-6-4-5-7-19(18)24(22(16)26(27(31)32)34-28(2,3)15-29)20-8-9-21-23-17(11-13-33-21)10-12-30-25(20)23/h4-10,12,14,23,25-26H,11,13,15H2,1-3H3,(H,31,32). The Morgan fingerprint density at radius 2 is 2.09 bits per heavy atom. The monoisotopic (exact) mass is 461 g/mol. The summed E-state index contributed by atoms with van der Waals surface area (Å²) in [6, 6.07) is 9.66. The van der Waals surface area contributed by atoms with Gasteiger partial charge in [-0.25, -0.2) is 9.18 Å². The topological polar surface area (TPSA) is 68.1 Å². The Kier molecular flexibility index (Phi) is 5.64. The van der Waals surface area contributed by atoms with Crippen molar-refractivity contribution in [2.24, 2.45) is 10.9 Å². The molecule has 1 aliphatic carbocycles. The molecule has 5 nitrogen and oxygen atoms in total. The van der Waals surface area contributed by atoms with Crippen LogP contribution in [0.3, 0.4) is 0 Å². The number of carboxylic acids is 1. The SMILES string of the molecule is Cc1cc2ccccc2c(C2=CC=C3OCCC4=CC=NC2C43)c1C(OC(C)(C)CF)C(=O)O. The van der Waals surface area contributed by atoms with E-state index in [0.29, 0.717) is 12.2 Å². The molecule has 0 spiro atoms. The molecule has 3 unspecified atom stereocenters. The van der Waals surface area contributed by atoms with Crippen molar-refractivity contribution in [3.8, 4) is 0 Å². The number of aliphatic carboxylic acids is 1. The van der Waals surface area contributed by atoms with Crippen LogP contribution in [0, 0.1) is 12.8 Å². The van der Waals surface area contributed by atoms with Crippen molar-refractivity contribution in [2.45, 2.75) is 44.9 Å². The fourth-order valence-corrected chi connectivity index (χ4v) is 5.23. The summed E-state index contributed by atoms with van der Waals surface area (Å²) in [5.41, 5.74) is 3.06. The Labute approximate surface area is 198 Å². The highest BCUT2D eigenvalue weighted by Gasteiger charge is 2.41. The predicted molar refractivity (Wildman–Crippen MR) is 131 cm³/mol. The molecule has 3 atom stereocenters. The molecule has 0 saturated carbocycles. The number of alkyl halides is 1. The number of rotatable bonds is 6. The van der Waals surface area contributed by atoms with Crippen molar-refractivity contribution in [3.63, 3.8) is 0 Å². The molecule has 2 aromatic carbocycles. The number of halogens is 1. The van der Waals surface area contributed by atoms with Crippen molar-refractivity contribution in [1.29, 1.82) is 0 Å². The van der Waals surface area contributed by atoms with Crippen molar-refractivity contribution >= 4 is 28.5 Å². The Bertz CT molecular complexity index is 1290. The van der Waals surface area contributed by atoms with E-state index in [1.807, 2.05) is 55.6 Å². The van der Waals surface area contributed by atoms with Gasteiger partial charge in [0, 0.05) is 18.2 Å². The number of fused-ring (bicyclic) bond motifs is 1. The summed E-state index contributed by atoms with van der Waals surface area (Å²) in [6.45, 7) is 4.86. The van der Waals surface area contributed by atoms with E-state index in [0.717, 1.165) is 39.7 Å². The molecular formula is C28H28FNO4. The molecule has 2 aromatic rings. The van der Waals surface area contributed by atoms with Gasteiger partial charge in [0.05, 0.1) is 24.2 Å². The summed E-state index contributed by atoms with van der Waals surface area (Å²) in [5.74, 6) is -0.258.